The fourth-order valence-electron chi connectivity index (χ4n) is 2.53. The highest BCUT2D eigenvalue weighted by atomic mass is 16.5. The van der Waals surface area contributed by atoms with Gasteiger partial charge in [-0.2, -0.15) is 0 Å². The molecule has 2 aromatic carbocycles. The first-order valence-electron chi connectivity index (χ1n) is 8.72. The summed E-state index contributed by atoms with van der Waals surface area (Å²) < 4.78 is 10.6. The minimum atomic E-state index is -0.733. The number of hydrogen-bond acceptors (Lipinski definition) is 5. The molecular formula is C21H19NO5. The van der Waals surface area contributed by atoms with Gasteiger partial charge in [0.15, 0.2) is 0 Å². The largest absolute Gasteiger partial charge is 0.423 e. The Kier molecular flexibility index (Phi) is 5.66. The number of carbonyl (C=O) groups excluding carboxylic acids is 2. The van der Waals surface area contributed by atoms with E-state index in [-0.39, 0.29) is 16.9 Å². The molecule has 3 aromatic rings. The summed E-state index contributed by atoms with van der Waals surface area (Å²) in [5.41, 5.74) is -0.128. The van der Waals surface area contributed by atoms with Crippen molar-refractivity contribution in [3.63, 3.8) is 0 Å². The summed E-state index contributed by atoms with van der Waals surface area (Å²) in [6.45, 7) is 2.51. The second-order valence-corrected chi connectivity index (χ2v) is 6.01. The Morgan fingerprint density at radius 3 is 2.59 bits per heavy atom. The Bertz CT molecular complexity index is 1020. The van der Waals surface area contributed by atoms with Crippen LogP contribution < -0.4 is 15.7 Å². The lowest BCUT2D eigenvalue weighted by molar-refractivity contribution is 0.0734. The van der Waals surface area contributed by atoms with Crippen molar-refractivity contribution in [2.75, 3.05) is 6.54 Å². The highest BCUT2D eigenvalue weighted by Gasteiger charge is 2.14. The maximum absolute atomic E-state index is 12.1. The van der Waals surface area contributed by atoms with Gasteiger partial charge in [0.1, 0.15) is 16.9 Å². The minimum Gasteiger partial charge on any atom is -0.423 e. The van der Waals surface area contributed by atoms with Gasteiger partial charge < -0.3 is 14.5 Å². The molecule has 0 aliphatic heterocycles. The van der Waals surface area contributed by atoms with Crippen LogP contribution in [0.2, 0.25) is 0 Å². The van der Waals surface area contributed by atoms with Crippen molar-refractivity contribution in [3.8, 4) is 5.75 Å². The quantitative estimate of drug-likeness (QED) is 0.312. The number of amides is 1. The molecule has 27 heavy (non-hydrogen) atoms. The van der Waals surface area contributed by atoms with Crippen molar-refractivity contribution in [1.82, 2.24) is 5.32 Å². The molecule has 6 nitrogen and oxygen atoms in total. The van der Waals surface area contributed by atoms with Crippen molar-refractivity contribution in [2.45, 2.75) is 19.8 Å². The maximum atomic E-state index is 12.1. The van der Waals surface area contributed by atoms with Crippen molar-refractivity contribution in [2.24, 2.45) is 0 Å². The number of hydrogen-bond donors (Lipinski definition) is 1. The number of unbranched alkanes of at least 4 members (excludes halogenated alkanes) is 1. The molecule has 0 spiro atoms. The first-order chi connectivity index (χ1) is 13.1. The molecular weight excluding hydrogens is 346 g/mol. The minimum absolute atomic E-state index is 0.0485. The van der Waals surface area contributed by atoms with Crippen LogP contribution in [0.1, 0.15) is 40.5 Å². The fourth-order valence-corrected chi connectivity index (χ4v) is 2.53. The monoisotopic (exact) mass is 365 g/mol. The lowest BCUT2D eigenvalue weighted by Crippen LogP contribution is -2.28. The molecule has 0 fully saturated rings. The van der Waals surface area contributed by atoms with Crippen LogP contribution in [-0.4, -0.2) is 18.4 Å². The molecule has 0 aliphatic rings. The van der Waals surface area contributed by atoms with Gasteiger partial charge >= 0.3 is 11.6 Å². The molecule has 0 bridgehead atoms. The summed E-state index contributed by atoms with van der Waals surface area (Å²) in [4.78, 5) is 36.4. The van der Waals surface area contributed by atoms with Crippen LogP contribution in [0.5, 0.6) is 5.75 Å². The van der Waals surface area contributed by atoms with Crippen molar-refractivity contribution in [1.29, 1.82) is 0 Å². The van der Waals surface area contributed by atoms with Crippen molar-refractivity contribution < 1.29 is 18.7 Å². The Labute approximate surface area is 155 Å². The average Bonchev–Trinajstić information content (AvgIpc) is 2.68. The molecule has 1 heterocycles. The summed E-state index contributed by atoms with van der Waals surface area (Å²) >= 11 is 0. The molecule has 1 N–H and O–H groups in total. The Hall–Kier alpha value is -3.41. The van der Waals surface area contributed by atoms with E-state index in [4.69, 9.17) is 9.15 Å². The van der Waals surface area contributed by atoms with Gasteiger partial charge in [0.05, 0.1) is 5.56 Å². The first-order valence-corrected chi connectivity index (χ1v) is 8.72. The molecule has 3 rings (SSSR count). The third kappa shape index (κ3) is 4.41. The molecule has 138 valence electrons. The molecule has 0 aliphatic carbocycles. The molecule has 1 amide bonds. The van der Waals surface area contributed by atoms with Gasteiger partial charge in [0.25, 0.3) is 5.91 Å². The van der Waals surface area contributed by atoms with E-state index >= 15 is 0 Å². The third-order valence-corrected chi connectivity index (χ3v) is 3.99. The SMILES string of the molecule is CCCCNC(=O)c1cc2ccc(OC(=O)c3ccccc3)cc2oc1=O. The van der Waals surface area contributed by atoms with E-state index in [1.54, 1.807) is 42.5 Å². The fraction of sp³-hybridized carbons (Fsp3) is 0.190. The summed E-state index contributed by atoms with van der Waals surface area (Å²) in [5, 5.41) is 3.26. The Morgan fingerprint density at radius 2 is 1.85 bits per heavy atom. The van der Waals surface area contributed by atoms with Crippen LogP contribution in [0.3, 0.4) is 0 Å². The maximum Gasteiger partial charge on any atom is 0.349 e. The molecule has 6 heteroatoms. The topological polar surface area (TPSA) is 85.6 Å². The lowest BCUT2D eigenvalue weighted by atomic mass is 10.1. The molecule has 0 unspecified atom stereocenters. The predicted octanol–water partition coefficient (Wildman–Crippen LogP) is 3.54. The molecule has 0 atom stereocenters. The van der Waals surface area contributed by atoms with Crippen LogP contribution in [0, 0.1) is 0 Å². The van der Waals surface area contributed by atoms with Gasteiger partial charge in [0, 0.05) is 18.0 Å². The summed E-state index contributed by atoms with van der Waals surface area (Å²) in [6.07, 6.45) is 1.78. The zero-order valence-corrected chi connectivity index (χ0v) is 14.9. The van der Waals surface area contributed by atoms with Crippen LogP contribution in [0.4, 0.5) is 0 Å². The standard InChI is InChI=1S/C21H19NO5/c1-2-3-11-22-19(23)17-12-15-9-10-16(13-18(15)27-21(17)25)26-20(24)14-7-5-4-6-8-14/h4-10,12-13H,2-3,11H2,1H3,(H,22,23). The Balaban J connectivity index is 1.82. The van der Waals surface area contributed by atoms with Gasteiger partial charge in [-0.1, -0.05) is 31.5 Å². The third-order valence-electron chi connectivity index (χ3n) is 3.99. The second-order valence-electron chi connectivity index (χ2n) is 6.01. The zero-order chi connectivity index (χ0) is 19.2. The number of esters is 1. The summed E-state index contributed by atoms with van der Waals surface area (Å²) in [6, 6.07) is 14.7. The number of rotatable bonds is 6. The number of nitrogens with one attached hydrogen (secondary N) is 1. The highest BCUT2D eigenvalue weighted by Crippen LogP contribution is 2.21. The lowest BCUT2D eigenvalue weighted by Gasteiger charge is -2.07. The zero-order valence-electron chi connectivity index (χ0n) is 14.9. The van der Waals surface area contributed by atoms with Crippen LogP contribution >= 0.6 is 0 Å². The van der Waals surface area contributed by atoms with Gasteiger partial charge in [-0.25, -0.2) is 9.59 Å². The molecule has 0 saturated heterocycles. The van der Waals surface area contributed by atoms with Crippen molar-refractivity contribution in [3.05, 3.63) is 76.1 Å². The van der Waals surface area contributed by atoms with E-state index in [0.717, 1.165) is 12.8 Å². The Morgan fingerprint density at radius 1 is 1.07 bits per heavy atom. The number of fused-ring (bicyclic) bond motifs is 1. The van der Waals surface area contributed by atoms with E-state index in [0.29, 0.717) is 17.5 Å². The first kappa shape index (κ1) is 18.4. The van der Waals surface area contributed by atoms with Gasteiger partial charge in [-0.3, -0.25) is 4.79 Å². The highest BCUT2D eigenvalue weighted by molar-refractivity contribution is 5.97. The van der Waals surface area contributed by atoms with E-state index in [1.807, 2.05) is 6.92 Å². The molecule has 1 aromatic heterocycles. The van der Waals surface area contributed by atoms with E-state index in [9.17, 15) is 14.4 Å². The van der Waals surface area contributed by atoms with Gasteiger partial charge in [-0.15, -0.1) is 0 Å². The van der Waals surface area contributed by atoms with Crippen molar-refractivity contribution >= 4 is 22.8 Å². The van der Waals surface area contributed by atoms with Gasteiger partial charge in [0.2, 0.25) is 0 Å². The van der Waals surface area contributed by atoms with Crippen LogP contribution in [0.25, 0.3) is 11.0 Å². The normalized spacial score (nSPS) is 10.6. The van der Waals surface area contributed by atoms with Gasteiger partial charge in [-0.05, 0) is 36.8 Å². The molecule has 0 radical (unpaired) electrons. The summed E-state index contributed by atoms with van der Waals surface area (Å²) in [5.74, 6) is -0.720. The molecule has 0 saturated carbocycles. The van der Waals surface area contributed by atoms with E-state index in [2.05, 4.69) is 5.32 Å². The second kappa shape index (κ2) is 8.31. The number of ether oxygens (including phenoxy) is 1. The summed E-state index contributed by atoms with van der Waals surface area (Å²) in [7, 11) is 0. The van der Waals surface area contributed by atoms with Crippen LogP contribution in [-0.2, 0) is 0 Å². The van der Waals surface area contributed by atoms with E-state index in [1.165, 1.54) is 12.1 Å². The smallest absolute Gasteiger partial charge is 0.349 e. The average molecular weight is 365 g/mol. The van der Waals surface area contributed by atoms with E-state index < -0.39 is 17.5 Å². The predicted molar refractivity (Wildman–Crippen MR) is 101 cm³/mol. The number of benzene rings is 2. The number of carbonyl (C=O) groups is 2. The van der Waals surface area contributed by atoms with Crippen LogP contribution in [0.15, 0.2) is 63.8 Å².